The molecule has 142 valence electrons. The summed E-state index contributed by atoms with van der Waals surface area (Å²) in [6.07, 6.45) is 1.97. The van der Waals surface area contributed by atoms with E-state index in [1.807, 2.05) is 30.5 Å². The maximum Gasteiger partial charge on any atom is 0.238 e. The van der Waals surface area contributed by atoms with E-state index in [1.165, 1.54) is 0 Å². The molecule has 0 atom stereocenters. The fourth-order valence-electron chi connectivity index (χ4n) is 3.26. The standard InChI is InChI=1S/C19H16N4O3S2/c24-28(25,12-17-14-6-2-4-8-18(14)26-21-17)22-15-7-3-1-5-13(15)16-11-23-9-10-27-19(23)20-16/h1-8,11,22H,9-10,12H2. The third-order valence-electron chi connectivity index (χ3n) is 4.55. The number of benzene rings is 2. The molecule has 4 aromatic rings. The molecule has 28 heavy (non-hydrogen) atoms. The zero-order valence-electron chi connectivity index (χ0n) is 14.7. The van der Waals surface area contributed by atoms with Crippen molar-refractivity contribution in [3.05, 3.63) is 60.4 Å². The minimum absolute atomic E-state index is 0.270. The number of hydrogen-bond donors (Lipinski definition) is 1. The molecule has 9 heteroatoms. The average Bonchev–Trinajstić information content (AvgIpc) is 3.37. The number of fused-ring (bicyclic) bond motifs is 2. The molecule has 2 aromatic heterocycles. The third kappa shape index (κ3) is 3.16. The molecule has 2 aromatic carbocycles. The molecule has 0 spiro atoms. The van der Waals surface area contributed by atoms with Crippen molar-refractivity contribution in [2.45, 2.75) is 17.5 Å². The Balaban J connectivity index is 1.45. The molecule has 1 N–H and O–H groups in total. The highest BCUT2D eigenvalue weighted by Gasteiger charge is 2.21. The van der Waals surface area contributed by atoms with E-state index in [0.29, 0.717) is 22.4 Å². The molecule has 0 unspecified atom stereocenters. The van der Waals surface area contributed by atoms with Crippen molar-refractivity contribution in [3.8, 4) is 11.3 Å². The lowest BCUT2D eigenvalue weighted by molar-refractivity contribution is 0.448. The first-order valence-corrected chi connectivity index (χ1v) is 11.4. The monoisotopic (exact) mass is 412 g/mol. The predicted octanol–water partition coefficient (Wildman–Crippen LogP) is 3.74. The van der Waals surface area contributed by atoms with Gasteiger partial charge in [0.25, 0.3) is 0 Å². The molecular formula is C19H16N4O3S2. The van der Waals surface area contributed by atoms with E-state index >= 15 is 0 Å². The maximum atomic E-state index is 12.8. The van der Waals surface area contributed by atoms with Gasteiger partial charge in [-0.2, -0.15) is 0 Å². The number of aryl methyl sites for hydroxylation is 1. The van der Waals surface area contributed by atoms with Crippen molar-refractivity contribution in [3.63, 3.8) is 0 Å². The van der Waals surface area contributed by atoms with Crippen LogP contribution in [-0.2, 0) is 22.3 Å². The zero-order valence-corrected chi connectivity index (χ0v) is 16.3. The van der Waals surface area contributed by atoms with Crippen LogP contribution >= 0.6 is 11.8 Å². The van der Waals surface area contributed by atoms with Crippen LogP contribution in [0, 0.1) is 0 Å². The van der Waals surface area contributed by atoms with Gasteiger partial charge < -0.3 is 9.09 Å². The van der Waals surface area contributed by atoms with Gasteiger partial charge in [0.1, 0.15) is 11.4 Å². The van der Waals surface area contributed by atoms with Gasteiger partial charge in [-0.05, 0) is 18.2 Å². The van der Waals surface area contributed by atoms with Gasteiger partial charge in [0, 0.05) is 29.4 Å². The van der Waals surface area contributed by atoms with Crippen molar-refractivity contribution >= 4 is 38.4 Å². The molecule has 7 nitrogen and oxygen atoms in total. The Morgan fingerprint density at radius 2 is 1.96 bits per heavy atom. The number of hydrogen-bond acceptors (Lipinski definition) is 6. The first kappa shape index (κ1) is 17.3. The van der Waals surface area contributed by atoms with Crippen molar-refractivity contribution in [2.24, 2.45) is 0 Å². The minimum atomic E-state index is -3.69. The van der Waals surface area contributed by atoms with Crippen LogP contribution in [0.5, 0.6) is 0 Å². The molecule has 1 aliphatic rings. The van der Waals surface area contributed by atoms with E-state index in [9.17, 15) is 8.42 Å². The summed E-state index contributed by atoms with van der Waals surface area (Å²) in [7, 11) is -3.69. The topological polar surface area (TPSA) is 90.0 Å². The van der Waals surface area contributed by atoms with E-state index in [1.54, 1.807) is 36.0 Å². The van der Waals surface area contributed by atoms with Crippen LogP contribution < -0.4 is 4.72 Å². The maximum absolute atomic E-state index is 12.8. The lowest BCUT2D eigenvalue weighted by Gasteiger charge is -2.11. The Morgan fingerprint density at radius 1 is 1.14 bits per heavy atom. The van der Waals surface area contributed by atoms with Crippen LogP contribution in [0.25, 0.3) is 22.2 Å². The van der Waals surface area contributed by atoms with Crippen LogP contribution in [0.3, 0.4) is 0 Å². The molecule has 0 bridgehead atoms. The van der Waals surface area contributed by atoms with E-state index in [-0.39, 0.29) is 5.75 Å². The van der Waals surface area contributed by atoms with Crippen molar-refractivity contribution in [1.29, 1.82) is 0 Å². The Labute approximate surface area is 165 Å². The number of nitrogens with zero attached hydrogens (tertiary/aromatic N) is 3. The largest absolute Gasteiger partial charge is 0.356 e. The molecular weight excluding hydrogens is 396 g/mol. The van der Waals surface area contributed by atoms with Crippen molar-refractivity contribution < 1.29 is 12.9 Å². The SMILES string of the molecule is O=S(=O)(Cc1noc2ccccc12)Nc1ccccc1-c1cn2c(n1)SCC2. The van der Waals surface area contributed by atoms with Gasteiger partial charge in [0.05, 0.1) is 11.4 Å². The predicted molar refractivity (Wildman–Crippen MR) is 109 cm³/mol. The van der Waals surface area contributed by atoms with E-state index in [2.05, 4.69) is 19.4 Å². The summed E-state index contributed by atoms with van der Waals surface area (Å²) in [4.78, 5) is 4.63. The van der Waals surface area contributed by atoms with Gasteiger partial charge >= 0.3 is 0 Å². The highest BCUT2D eigenvalue weighted by Crippen LogP contribution is 2.33. The first-order valence-electron chi connectivity index (χ1n) is 8.72. The number of sulfonamides is 1. The second-order valence-electron chi connectivity index (χ2n) is 6.48. The summed E-state index contributed by atoms with van der Waals surface area (Å²) in [6.45, 7) is 0.917. The van der Waals surface area contributed by atoms with E-state index < -0.39 is 10.0 Å². The molecule has 0 amide bonds. The fraction of sp³-hybridized carbons (Fsp3) is 0.158. The highest BCUT2D eigenvalue weighted by atomic mass is 32.2. The smallest absolute Gasteiger partial charge is 0.238 e. The Hall–Kier alpha value is -2.78. The quantitative estimate of drug-likeness (QED) is 0.537. The lowest BCUT2D eigenvalue weighted by atomic mass is 10.1. The Morgan fingerprint density at radius 3 is 2.86 bits per heavy atom. The van der Waals surface area contributed by atoms with E-state index in [4.69, 9.17) is 4.52 Å². The van der Waals surface area contributed by atoms with Gasteiger partial charge in [-0.1, -0.05) is 47.3 Å². The second kappa shape index (κ2) is 6.68. The number of aromatic nitrogens is 3. The van der Waals surface area contributed by atoms with Crippen LogP contribution in [-0.4, -0.2) is 28.9 Å². The summed E-state index contributed by atoms with van der Waals surface area (Å²) in [5.74, 6) is 0.746. The van der Waals surface area contributed by atoms with Crippen molar-refractivity contribution in [1.82, 2.24) is 14.7 Å². The second-order valence-corrected chi connectivity index (χ2v) is 9.27. The Kier molecular flexibility index (Phi) is 4.13. The molecule has 1 aliphatic heterocycles. The first-order chi connectivity index (χ1) is 13.6. The summed E-state index contributed by atoms with van der Waals surface area (Å²) in [5, 5.41) is 5.58. The van der Waals surface area contributed by atoms with Gasteiger partial charge in [0.2, 0.25) is 10.0 Å². The van der Waals surface area contributed by atoms with Crippen LogP contribution in [0.15, 0.2) is 64.4 Å². The number of thioether (sulfide) groups is 1. The summed E-state index contributed by atoms with van der Waals surface area (Å²) in [6, 6.07) is 14.5. The number of anilines is 1. The van der Waals surface area contributed by atoms with Gasteiger partial charge in [-0.3, -0.25) is 4.72 Å². The van der Waals surface area contributed by atoms with Gasteiger partial charge in [-0.25, -0.2) is 13.4 Å². The molecule has 0 fully saturated rings. The summed E-state index contributed by atoms with van der Waals surface area (Å²) >= 11 is 1.70. The normalized spacial score (nSPS) is 13.7. The average molecular weight is 412 g/mol. The van der Waals surface area contributed by atoms with Crippen LogP contribution in [0.2, 0.25) is 0 Å². The fourth-order valence-corrected chi connectivity index (χ4v) is 5.36. The van der Waals surface area contributed by atoms with Gasteiger partial charge in [0.15, 0.2) is 10.7 Å². The molecule has 0 radical (unpaired) electrons. The van der Waals surface area contributed by atoms with E-state index in [0.717, 1.165) is 28.7 Å². The third-order valence-corrected chi connectivity index (χ3v) is 6.71. The molecule has 3 heterocycles. The summed E-state index contributed by atoms with van der Waals surface area (Å²) < 4.78 is 35.6. The van der Waals surface area contributed by atoms with Crippen molar-refractivity contribution in [2.75, 3.05) is 10.5 Å². The highest BCUT2D eigenvalue weighted by molar-refractivity contribution is 7.99. The minimum Gasteiger partial charge on any atom is -0.356 e. The molecule has 0 saturated heterocycles. The number of nitrogens with one attached hydrogen (secondary N) is 1. The lowest BCUT2D eigenvalue weighted by Crippen LogP contribution is -2.16. The molecule has 0 saturated carbocycles. The number of para-hydroxylation sites is 2. The van der Waals surface area contributed by atoms with Gasteiger partial charge in [-0.15, -0.1) is 0 Å². The molecule has 5 rings (SSSR count). The Bertz CT molecular complexity index is 1260. The number of rotatable bonds is 5. The zero-order chi connectivity index (χ0) is 19.1. The molecule has 0 aliphatic carbocycles. The van der Waals surface area contributed by atoms with Crippen LogP contribution in [0.1, 0.15) is 5.69 Å². The summed E-state index contributed by atoms with van der Waals surface area (Å²) in [5.41, 5.74) is 2.96. The van der Waals surface area contributed by atoms with Crippen LogP contribution in [0.4, 0.5) is 5.69 Å². The number of imidazole rings is 1.